The fraction of sp³-hybridized carbons (Fsp3) is 0.533. The van der Waals surface area contributed by atoms with Crippen molar-refractivity contribution in [3.8, 4) is 0 Å². The number of rotatable bonds is 1. The normalized spacial score (nSPS) is 16.4. The second-order valence-corrected chi connectivity index (χ2v) is 6.13. The Morgan fingerprint density at radius 1 is 1.05 bits per heavy atom. The standard InChI is InChI=1S/C15H20F2N2O/c1-15(2,3)14(20)19-8-6-18(7-9-19)11-4-5-12(16)13(17)10-11/h4-5,10H,6-9H2,1-3H3. The zero-order valence-corrected chi connectivity index (χ0v) is 12.1. The first-order valence-electron chi connectivity index (χ1n) is 6.78. The minimum absolute atomic E-state index is 0.127. The van der Waals surface area contributed by atoms with Crippen LogP contribution in [0.5, 0.6) is 0 Å². The average molecular weight is 282 g/mol. The summed E-state index contributed by atoms with van der Waals surface area (Å²) in [5.41, 5.74) is 0.274. The van der Waals surface area contributed by atoms with E-state index in [4.69, 9.17) is 0 Å². The number of piperazine rings is 1. The summed E-state index contributed by atoms with van der Waals surface area (Å²) in [7, 11) is 0. The van der Waals surface area contributed by atoms with E-state index in [-0.39, 0.29) is 11.3 Å². The van der Waals surface area contributed by atoms with Crippen LogP contribution in [0.1, 0.15) is 20.8 Å². The fourth-order valence-corrected chi connectivity index (χ4v) is 2.32. The molecule has 0 saturated carbocycles. The van der Waals surface area contributed by atoms with Gasteiger partial charge < -0.3 is 9.80 Å². The Bertz CT molecular complexity index is 503. The minimum Gasteiger partial charge on any atom is -0.368 e. The number of halogens is 2. The van der Waals surface area contributed by atoms with E-state index in [0.29, 0.717) is 31.9 Å². The van der Waals surface area contributed by atoms with Gasteiger partial charge in [-0.05, 0) is 12.1 Å². The molecule has 0 unspecified atom stereocenters. The van der Waals surface area contributed by atoms with Crippen molar-refractivity contribution in [1.82, 2.24) is 4.90 Å². The van der Waals surface area contributed by atoms with Gasteiger partial charge in [0.1, 0.15) is 0 Å². The summed E-state index contributed by atoms with van der Waals surface area (Å²) in [4.78, 5) is 16.0. The number of carbonyl (C=O) groups is 1. The van der Waals surface area contributed by atoms with Crippen LogP contribution < -0.4 is 4.90 Å². The van der Waals surface area contributed by atoms with E-state index in [2.05, 4.69) is 0 Å². The lowest BCUT2D eigenvalue weighted by atomic mass is 9.94. The SMILES string of the molecule is CC(C)(C)C(=O)N1CCN(c2ccc(F)c(F)c2)CC1. The Morgan fingerprint density at radius 2 is 1.65 bits per heavy atom. The lowest BCUT2D eigenvalue weighted by Crippen LogP contribution is -2.51. The molecule has 1 aliphatic rings. The van der Waals surface area contributed by atoms with Gasteiger partial charge in [-0.2, -0.15) is 0 Å². The topological polar surface area (TPSA) is 23.6 Å². The zero-order chi connectivity index (χ0) is 14.9. The fourth-order valence-electron chi connectivity index (χ4n) is 2.32. The molecule has 1 aliphatic heterocycles. The molecule has 0 aliphatic carbocycles. The number of amides is 1. The third kappa shape index (κ3) is 3.08. The Hall–Kier alpha value is -1.65. The maximum Gasteiger partial charge on any atom is 0.228 e. The second kappa shape index (κ2) is 5.38. The van der Waals surface area contributed by atoms with Gasteiger partial charge in [0.2, 0.25) is 5.91 Å². The Labute approximate surface area is 118 Å². The van der Waals surface area contributed by atoms with Crippen molar-refractivity contribution in [3.05, 3.63) is 29.8 Å². The smallest absolute Gasteiger partial charge is 0.228 e. The van der Waals surface area contributed by atoms with Crippen LogP contribution in [0.15, 0.2) is 18.2 Å². The van der Waals surface area contributed by atoms with Crippen LogP contribution in [0, 0.1) is 17.0 Å². The lowest BCUT2D eigenvalue weighted by molar-refractivity contribution is -0.139. The number of benzene rings is 1. The van der Waals surface area contributed by atoms with Crippen molar-refractivity contribution < 1.29 is 13.6 Å². The van der Waals surface area contributed by atoms with E-state index < -0.39 is 11.6 Å². The maximum absolute atomic E-state index is 13.2. The summed E-state index contributed by atoms with van der Waals surface area (Å²) >= 11 is 0. The highest BCUT2D eigenvalue weighted by molar-refractivity contribution is 5.81. The van der Waals surface area contributed by atoms with Crippen LogP contribution in [0.2, 0.25) is 0 Å². The molecule has 1 aromatic rings. The van der Waals surface area contributed by atoms with Gasteiger partial charge in [0.25, 0.3) is 0 Å². The molecule has 1 fully saturated rings. The molecule has 3 nitrogen and oxygen atoms in total. The summed E-state index contributed by atoms with van der Waals surface area (Å²) < 4.78 is 26.1. The highest BCUT2D eigenvalue weighted by atomic mass is 19.2. The lowest BCUT2D eigenvalue weighted by Gasteiger charge is -2.38. The Kier molecular flexibility index (Phi) is 3.97. The molecule has 1 saturated heterocycles. The summed E-state index contributed by atoms with van der Waals surface area (Å²) in [6.45, 7) is 8.18. The van der Waals surface area contributed by atoms with Crippen LogP contribution in [0.25, 0.3) is 0 Å². The Balaban J connectivity index is 2.01. The van der Waals surface area contributed by atoms with Gasteiger partial charge in [-0.3, -0.25) is 4.79 Å². The van der Waals surface area contributed by atoms with E-state index in [1.54, 1.807) is 6.07 Å². The van der Waals surface area contributed by atoms with Crippen molar-refractivity contribution in [2.24, 2.45) is 5.41 Å². The first-order valence-corrected chi connectivity index (χ1v) is 6.78. The van der Waals surface area contributed by atoms with Gasteiger partial charge in [0.15, 0.2) is 11.6 Å². The van der Waals surface area contributed by atoms with Crippen molar-refractivity contribution in [3.63, 3.8) is 0 Å². The number of nitrogens with zero attached hydrogens (tertiary/aromatic N) is 2. The molecule has 0 N–H and O–H groups in total. The molecule has 20 heavy (non-hydrogen) atoms. The Morgan fingerprint density at radius 3 is 2.15 bits per heavy atom. The summed E-state index contributed by atoms with van der Waals surface area (Å²) in [6, 6.07) is 3.91. The number of anilines is 1. The van der Waals surface area contributed by atoms with Gasteiger partial charge >= 0.3 is 0 Å². The minimum atomic E-state index is -0.838. The molecule has 2 rings (SSSR count). The van der Waals surface area contributed by atoms with Crippen molar-refractivity contribution >= 4 is 11.6 Å². The number of hydrogen-bond acceptors (Lipinski definition) is 2. The van der Waals surface area contributed by atoms with Gasteiger partial charge in [0.05, 0.1) is 0 Å². The molecule has 1 heterocycles. The molecular formula is C15H20F2N2O. The second-order valence-electron chi connectivity index (χ2n) is 6.13. The van der Waals surface area contributed by atoms with Gasteiger partial charge in [-0.1, -0.05) is 20.8 Å². The highest BCUT2D eigenvalue weighted by Gasteiger charge is 2.29. The van der Waals surface area contributed by atoms with E-state index >= 15 is 0 Å². The van der Waals surface area contributed by atoms with Crippen LogP contribution in [-0.4, -0.2) is 37.0 Å². The van der Waals surface area contributed by atoms with Gasteiger partial charge in [-0.25, -0.2) is 8.78 Å². The van der Waals surface area contributed by atoms with Crippen LogP contribution in [-0.2, 0) is 4.79 Å². The predicted molar refractivity (Wildman–Crippen MR) is 74.6 cm³/mol. The van der Waals surface area contributed by atoms with Gasteiger partial charge in [0, 0.05) is 43.3 Å². The van der Waals surface area contributed by atoms with E-state index in [1.807, 2.05) is 30.6 Å². The van der Waals surface area contributed by atoms with Crippen molar-refractivity contribution in [1.29, 1.82) is 0 Å². The van der Waals surface area contributed by atoms with E-state index in [9.17, 15) is 13.6 Å². The quantitative estimate of drug-likeness (QED) is 0.790. The maximum atomic E-state index is 13.2. The average Bonchev–Trinajstić information content (AvgIpc) is 2.40. The molecule has 1 aromatic carbocycles. The molecule has 0 radical (unpaired) electrons. The predicted octanol–water partition coefficient (Wildman–Crippen LogP) is 2.66. The number of hydrogen-bond donors (Lipinski definition) is 0. The molecule has 0 bridgehead atoms. The van der Waals surface area contributed by atoms with E-state index in [1.165, 1.54) is 6.07 Å². The van der Waals surface area contributed by atoms with Crippen molar-refractivity contribution in [2.45, 2.75) is 20.8 Å². The molecule has 110 valence electrons. The molecule has 0 aromatic heterocycles. The summed E-state index contributed by atoms with van der Waals surface area (Å²) in [5.74, 6) is -1.55. The van der Waals surface area contributed by atoms with Gasteiger partial charge in [-0.15, -0.1) is 0 Å². The molecule has 0 spiro atoms. The highest BCUT2D eigenvalue weighted by Crippen LogP contribution is 2.22. The molecule has 0 atom stereocenters. The molecule has 1 amide bonds. The largest absolute Gasteiger partial charge is 0.368 e. The molecular weight excluding hydrogens is 262 g/mol. The van der Waals surface area contributed by atoms with E-state index in [0.717, 1.165) is 6.07 Å². The van der Waals surface area contributed by atoms with Crippen LogP contribution >= 0.6 is 0 Å². The number of carbonyl (C=O) groups excluding carboxylic acids is 1. The molecule has 5 heteroatoms. The van der Waals surface area contributed by atoms with Crippen LogP contribution in [0.4, 0.5) is 14.5 Å². The van der Waals surface area contributed by atoms with Crippen LogP contribution in [0.3, 0.4) is 0 Å². The third-order valence-electron chi connectivity index (χ3n) is 3.48. The first kappa shape index (κ1) is 14.8. The third-order valence-corrected chi connectivity index (χ3v) is 3.48. The monoisotopic (exact) mass is 282 g/mol. The summed E-state index contributed by atoms with van der Waals surface area (Å²) in [6.07, 6.45) is 0. The summed E-state index contributed by atoms with van der Waals surface area (Å²) in [5, 5.41) is 0. The first-order chi connectivity index (χ1) is 9.29. The zero-order valence-electron chi connectivity index (χ0n) is 12.1. The van der Waals surface area contributed by atoms with Crippen molar-refractivity contribution in [2.75, 3.05) is 31.1 Å².